The quantitative estimate of drug-likeness (QED) is 0.721. The van der Waals surface area contributed by atoms with Gasteiger partial charge in [-0.15, -0.1) is 0 Å². The summed E-state index contributed by atoms with van der Waals surface area (Å²) in [5.41, 5.74) is 0.274. The van der Waals surface area contributed by atoms with Gasteiger partial charge in [0.15, 0.2) is 0 Å². The fraction of sp³-hybridized carbons (Fsp3) is 0.933. The summed E-state index contributed by atoms with van der Waals surface area (Å²) in [7, 11) is 0. The summed E-state index contributed by atoms with van der Waals surface area (Å²) in [5, 5.41) is 0. The van der Waals surface area contributed by atoms with E-state index in [1.54, 1.807) is 0 Å². The van der Waals surface area contributed by atoms with Crippen molar-refractivity contribution in [3.05, 3.63) is 0 Å². The van der Waals surface area contributed by atoms with Gasteiger partial charge < -0.3 is 4.74 Å². The highest BCUT2D eigenvalue weighted by Crippen LogP contribution is 2.43. The molecule has 3 nitrogen and oxygen atoms in total. The molecule has 0 bridgehead atoms. The third kappa shape index (κ3) is 2.87. The molecule has 1 unspecified atom stereocenters. The van der Waals surface area contributed by atoms with Crippen LogP contribution in [0.15, 0.2) is 0 Å². The number of ether oxygens (including phenoxy) is 1. The van der Waals surface area contributed by atoms with Crippen LogP contribution in [0.25, 0.3) is 0 Å². The fourth-order valence-corrected chi connectivity index (χ4v) is 3.92. The molecular weight excluding hydrogens is 226 g/mol. The molecule has 0 spiro atoms. The summed E-state index contributed by atoms with van der Waals surface area (Å²) < 4.78 is 5.51. The Kier molecular flexibility index (Phi) is 4.82. The van der Waals surface area contributed by atoms with Crippen LogP contribution in [0.1, 0.15) is 67.2 Å². The van der Waals surface area contributed by atoms with E-state index in [1.165, 1.54) is 6.92 Å². The van der Waals surface area contributed by atoms with Gasteiger partial charge in [-0.25, -0.2) is 0 Å². The number of piperidine rings is 1. The van der Waals surface area contributed by atoms with Crippen LogP contribution in [0.3, 0.4) is 0 Å². The Morgan fingerprint density at radius 1 is 1.22 bits per heavy atom. The summed E-state index contributed by atoms with van der Waals surface area (Å²) in [5.74, 6) is -0.151. The van der Waals surface area contributed by atoms with Gasteiger partial charge in [-0.1, -0.05) is 20.8 Å². The normalized spacial score (nSPS) is 26.9. The molecule has 0 saturated carbocycles. The third-order valence-corrected chi connectivity index (χ3v) is 4.60. The Hall–Kier alpha value is -0.570. The van der Waals surface area contributed by atoms with Crippen LogP contribution in [0, 0.1) is 0 Å². The Morgan fingerprint density at radius 3 is 2.17 bits per heavy atom. The van der Waals surface area contributed by atoms with E-state index in [9.17, 15) is 4.79 Å². The highest BCUT2D eigenvalue weighted by Gasteiger charge is 2.48. The maximum Gasteiger partial charge on any atom is 0.302 e. The van der Waals surface area contributed by atoms with Crippen molar-refractivity contribution in [2.75, 3.05) is 6.54 Å². The molecule has 18 heavy (non-hydrogen) atoms. The monoisotopic (exact) mass is 255 g/mol. The van der Waals surface area contributed by atoms with Crippen molar-refractivity contribution < 1.29 is 9.53 Å². The lowest BCUT2D eigenvalue weighted by Crippen LogP contribution is -2.64. The second kappa shape index (κ2) is 5.60. The fourth-order valence-electron chi connectivity index (χ4n) is 3.92. The number of likely N-dealkylation sites (tertiary alicyclic amines) is 1. The number of hydrogen-bond acceptors (Lipinski definition) is 3. The molecule has 0 aromatic heterocycles. The number of esters is 1. The molecule has 0 aromatic carbocycles. The van der Waals surface area contributed by atoms with Gasteiger partial charge in [0.1, 0.15) is 6.10 Å². The Labute approximate surface area is 112 Å². The van der Waals surface area contributed by atoms with Crippen molar-refractivity contribution in [1.82, 2.24) is 4.90 Å². The number of carbonyl (C=O) groups is 1. The first kappa shape index (κ1) is 15.5. The van der Waals surface area contributed by atoms with Gasteiger partial charge in [-0.2, -0.15) is 0 Å². The molecule has 0 amide bonds. The smallest absolute Gasteiger partial charge is 0.302 e. The van der Waals surface area contributed by atoms with Gasteiger partial charge in [0.25, 0.3) is 0 Å². The average Bonchev–Trinajstić information content (AvgIpc) is 2.25. The van der Waals surface area contributed by atoms with Gasteiger partial charge >= 0.3 is 5.97 Å². The van der Waals surface area contributed by atoms with Crippen molar-refractivity contribution in [3.8, 4) is 0 Å². The Morgan fingerprint density at radius 2 is 1.78 bits per heavy atom. The van der Waals surface area contributed by atoms with E-state index in [-0.39, 0.29) is 23.2 Å². The molecule has 0 radical (unpaired) electrons. The molecule has 1 rings (SSSR count). The highest BCUT2D eigenvalue weighted by atomic mass is 16.5. The van der Waals surface area contributed by atoms with E-state index >= 15 is 0 Å². The van der Waals surface area contributed by atoms with Crippen molar-refractivity contribution in [2.24, 2.45) is 0 Å². The molecule has 1 aliphatic heterocycles. The molecule has 0 aromatic rings. The summed E-state index contributed by atoms with van der Waals surface area (Å²) >= 11 is 0. The van der Waals surface area contributed by atoms with E-state index < -0.39 is 0 Å². The number of hydrogen-bond donors (Lipinski definition) is 0. The van der Waals surface area contributed by atoms with E-state index in [4.69, 9.17) is 4.74 Å². The first-order valence-electron chi connectivity index (χ1n) is 7.26. The molecule has 1 heterocycles. The maximum absolute atomic E-state index is 11.2. The van der Waals surface area contributed by atoms with Crippen molar-refractivity contribution in [3.63, 3.8) is 0 Å². The third-order valence-electron chi connectivity index (χ3n) is 4.60. The minimum absolute atomic E-state index is 0.0696. The predicted molar refractivity (Wildman–Crippen MR) is 74.6 cm³/mol. The lowest BCUT2D eigenvalue weighted by molar-refractivity contribution is -0.160. The van der Waals surface area contributed by atoms with Crippen LogP contribution < -0.4 is 0 Å². The molecule has 0 aliphatic carbocycles. The van der Waals surface area contributed by atoms with Gasteiger partial charge in [0, 0.05) is 30.8 Å². The summed E-state index contributed by atoms with van der Waals surface area (Å²) in [6.07, 6.45) is 4.19. The molecule has 1 aliphatic rings. The second-order valence-electron chi connectivity index (χ2n) is 6.13. The topological polar surface area (TPSA) is 29.5 Å². The summed E-state index contributed by atoms with van der Waals surface area (Å²) in [6, 6.07) is 0. The van der Waals surface area contributed by atoms with E-state index in [0.717, 1.165) is 32.2 Å². The summed E-state index contributed by atoms with van der Waals surface area (Å²) in [6.45, 7) is 13.8. The predicted octanol–water partition coefficient (Wildman–Crippen LogP) is 3.37. The van der Waals surface area contributed by atoms with E-state index in [0.29, 0.717) is 0 Å². The Bertz CT molecular complexity index is 295. The van der Waals surface area contributed by atoms with Crippen molar-refractivity contribution >= 4 is 5.97 Å². The minimum atomic E-state index is -0.151. The molecular formula is C15H29NO2. The SMILES string of the molecule is CCN1C(C)(C)CC(OC(C)=O)CC1(CC)CC. The lowest BCUT2D eigenvalue weighted by Gasteiger charge is -2.57. The van der Waals surface area contributed by atoms with Gasteiger partial charge in [0.2, 0.25) is 0 Å². The second-order valence-corrected chi connectivity index (χ2v) is 6.13. The van der Waals surface area contributed by atoms with Gasteiger partial charge in [-0.05, 0) is 33.2 Å². The molecule has 0 N–H and O–H groups in total. The van der Waals surface area contributed by atoms with Crippen LogP contribution in [-0.4, -0.2) is 34.6 Å². The molecule has 1 atom stereocenters. The molecule has 106 valence electrons. The van der Waals surface area contributed by atoms with Gasteiger partial charge in [-0.3, -0.25) is 9.69 Å². The maximum atomic E-state index is 11.2. The van der Waals surface area contributed by atoms with Crippen LogP contribution in [0.2, 0.25) is 0 Å². The first-order chi connectivity index (χ1) is 8.31. The number of carbonyl (C=O) groups excluding carboxylic acids is 1. The van der Waals surface area contributed by atoms with Crippen LogP contribution in [-0.2, 0) is 9.53 Å². The standard InChI is InChI=1S/C15H29NO2/c1-7-15(8-2)11-13(18-12(4)17)10-14(5,6)16(15)9-3/h13H,7-11H2,1-6H3. The van der Waals surface area contributed by atoms with Gasteiger partial charge in [0.05, 0.1) is 0 Å². The number of nitrogens with zero attached hydrogens (tertiary/aromatic N) is 1. The molecule has 1 fully saturated rings. The van der Waals surface area contributed by atoms with Crippen LogP contribution >= 0.6 is 0 Å². The first-order valence-corrected chi connectivity index (χ1v) is 7.26. The van der Waals surface area contributed by atoms with Crippen molar-refractivity contribution in [2.45, 2.75) is 84.4 Å². The lowest BCUT2D eigenvalue weighted by atomic mass is 9.73. The highest BCUT2D eigenvalue weighted by molar-refractivity contribution is 5.66. The van der Waals surface area contributed by atoms with Crippen molar-refractivity contribution in [1.29, 1.82) is 0 Å². The number of rotatable bonds is 4. The molecule has 1 saturated heterocycles. The largest absolute Gasteiger partial charge is 0.462 e. The van der Waals surface area contributed by atoms with E-state index in [1.807, 2.05) is 0 Å². The average molecular weight is 255 g/mol. The Balaban J connectivity index is 3.01. The zero-order valence-corrected chi connectivity index (χ0v) is 12.9. The molecule has 3 heteroatoms. The minimum Gasteiger partial charge on any atom is -0.462 e. The zero-order valence-electron chi connectivity index (χ0n) is 12.9. The van der Waals surface area contributed by atoms with Crippen LogP contribution in [0.5, 0.6) is 0 Å². The van der Waals surface area contributed by atoms with E-state index in [2.05, 4.69) is 39.5 Å². The van der Waals surface area contributed by atoms with Crippen LogP contribution in [0.4, 0.5) is 0 Å². The zero-order chi connectivity index (χ0) is 14.0. The summed E-state index contributed by atoms with van der Waals surface area (Å²) in [4.78, 5) is 13.8.